The molecule has 0 atom stereocenters. The zero-order valence-electron chi connectivity index (χ0n) is 16.8. The van der Waals surface area contributed by atoms with Crippen LogP contribution in [0.25, 0.3) is 0 Å². The van der Waals surface area contributed by atoms with E-state index in [-0.39, 0.29) is 24.7 Å². The summed E-state index contributed by atoms with van der Waals surface area (Å²) in [4.78, 5) is 24.6. The average molecular weight is 408 g/mol. The molecule has 30 heavy (non-hydrogen) atoms. The number of amides is 2. The van der Waals surface area contributed by atoms with Gasteiger partial charge >= 0.3 is 0 Å². The molecule has 3 aromatic carbocycles. The Morgan fingerprint density at radius 1 is 0.700 bits per heavy atom. The number of hydrogen-bond acceptors (Lipinski definition) is 2. The Kier molecular flexibility index (Phi) is 6.57. The van der Waals surface area contributed by atoms with Gasteiger partial charge in [-0.2, -0.15) is 0 Å². The first-order valence-electron chi connectivity index (χ1n) is 9.51. The minimum atomic E-state index is -0.423. The quantitative estimate of drug-likeness (QED) is 0.607. The van der Waals surface area contributed by atoms with Crippen molar-refractivity contribution in [2.45, 2.75) is 26.7 Å². The van der Waals surface area contributed by atoms with E-state index in [9.17, 15) is 18.4 Å². The van der Waals surface area contributed by atoms with E-state index in [1.807, 2.05) is 0 Å². The first-order chi connectivity index (χ1) is 14.3. The van der Waals surface area contributed by atoms with Crippen molar-refractivity contribution in [2.75, 3.05) is 10.6 Å². The third-order valence-corrected chi connectivity index (χ3v) is 4.74. The van der Waals surface area contributed by atoms with Gasteiger partial charge in [-0.3, -0.25) is 9.59 Å². The Bertz CT molecular complexity index is 1010. The molecule has 0 heterocycles. The molecule has 154 valence electrons. The Morgan fingerprint density at radius 2 is 1.07 bits per heavy atom. The fraction of sp³-hybridized carbons (Fsp3) is 0.167. The molecule has 0 aliphatic rings. The van der Waals surface area contributed by atoms with E-state index in [1.165, 1.54) is 12.1 Å². The molecule has 0 aliphatic heterocycles. The molecule has 3 aromatic rings. The van der Waals surface area contributed by atoms with Gasteiger partial charge in [-0.1, -0.05) is 36.4 Å². The van der Waals surface area contributed by atoms with Crippen LogP contribution in [-0.2, 0) is 22.4 Å². The first kappa shape index (κ1) is 21.2. The van der Waals surface area contributed by atoms with Gasteiger partial charge in [0.1, 0.15) is 11.6 Å². The lowest BCUT2D eigenvalue weighted by atomic mass is 10.1. The predicted molar refractivity (Wildman–Crippen MR) is 113 cm³/mol. The summed E-state index contributed by atoms with van der Waals surface area (Å²) in [5.41, 5.74) is 3.29. The van der Waals surface area contributed by atoms with E-state index >= 15 is 0 Å². The molecule has 2 N–H and O–H groups in total. The Hall–Kier alpha value is -3.54. The summed E-state index contributed by atoms with van der Waals surface area (Å²) in [7, 11) is 0. The summed E-state index contributed by atoms with van der Waals surface area (Å²) in [6.07, 6.45) is -0.154. The van der Waals surface area contributed by atoms with E-state index in [4.69, 9.17) is 0 Å². The highest BCUT2D eigenvalue weighted by Crippen LogP contribution is 2.25. The molecular formula is C24H22F2N2O2. The Morgan fingerprint density at radius 3 is 1.43 bits per heavy atom. The molecule has 0 fully saturated rings. The van der Waals surface area contributed by atoms with Crippen molar-refractivity contribution >= 4 is 23.2 Å². The number of aryl methyl sites for hydroxylation is 2. The van der Waals surface area contributed by atoms with Crippen molar-refractivity contribution in [2.24, 2.45) is 0 Å². The molecule has 0 unspecified atom stereocenters. The number of carbonyl (C=O) groups is 2. The molecule has 0 saturated carbocycles. The smallest absolute Gasteiger partial charge is 0.228 e. The van der Waals surface area contributed by atoms with E-state index in [1.54, 1.807) is 62.4 Å². The number of benzene rings is 3. The van der Waals surface area contributed by atoms with E-state index < -0.39 is 11.6 Å². The zero-order valence-corrected chi connectivity index (χ0v) is 16.8. The number of hydrogen-bond donors (Lipinski definition) is 2. The van der Waals surface area contributed by atoms with E-state index in [2.05, 4.69) is 10.6 Å². The maximum absolute atomic E-state index is 13.7. The van der Waals surface area contributed by atoms with Gasteiger partial charge in [-0.25, -0.2) is 8.78 Å². The molecule has 0 aliphatic carbocycles. The minimum Gasteiger partial charge on any atom is -0.326 e. The van der Waals surface area contributed by atoms with Crippen molar-refractivity contribution in [3.05, 3.63) is 94.6 Å². The van der Waals surface area contributed by atoms with E-state index in [0.29, 0.717) is 22.5 Å². The van der Waals surface area contributed by atoms with Crippen LogP contribution in [0.5, 0.6) is 0 Å². The molecule has 2 amide bonds. The van der Waals surface area contributed by atoms with Crippen LogP contribution in [0.2, 0.25) is 0 Å². The molecule has 6 heteroatoms. The molecule has 4 nitrogen and oxygen atoms in total. The van der Waals surface area contributed by atoms with Crippen molar-refractivity contribution < 1.29 is 18.4 Å². The van der Waals surface area contributed by atoms with Crippen LogP contribution in [0.1, 0.15) is 22.3 Å². The lowest BCUT2D eigenvalue weighted by Gasteiger charge is -2.14. The molecule has 3 rings (SSSR count). The SMILES string of the molecule is Cc1cc(NC(=O)Cc2ccccc2F)c(C)cc1NC(=O)Cc1ccccc1F. The third kappa shape index (κ3) is 5.29. The highest BCUT2D eigenvalue weighted by Gasteiger charge is 2.13. The van der Waals surface area contributed by atoms with Crippen molar-refractivity contribution in [3.8, 4) is 0 Å². The van der Waals surface area contributed by atoms with Crippen LogP contribution in [0.3, 0.4) is 0 Å². The van der Waals surface area contributed by atoms with Gasteiger partial charge < -0.3 is 10.6 Å². The van der Waals surface area contributed by atoms with Crippen LogP contribution in [0.4, 0.5) is 20.2 Å². The van der Waals surface area contributed by atoms with Crippen molar-refractivity contribution in [1.82, 2.24) is 0 Å². The molecule has 0 saturated heterocycles. The largest absolute Gasteiger partial charge is 0.326 e. The predicted octanol–water partition coefficient (Wildman–Crippen LogP) is 4.94. The summed E-state index contributed by atoms with van der Waals surface area (Å²) in [6.45, 7) is 3.59. The van der Waals surface area contributed by atoms with Gasteiger partial charge in [-0.15, -0.1) is 0 Å². The van der Waals surface area contributed by atoms with E-state index in [0.717, 1.165) is 11.1 Å². The minimum absolute atomic E-state index is 0.0771. The van der Waals surface area contributed by atoms with Crippen LogP contribution >= 0.6 is 0 Å². The van der Waals surface area contributed by atoms with Crippen LogP contribution in [-0.4, -0.2) is 11.8 Å². The van der Waals surface area contributed by atoms with Gasteiger partial charge in [0, 0.05) is 11.4 Å². The van der Waals surface area contributed by atoms with Crippen LogP contribution in [0.15, 0.2) is 60.7 Å². The second kappa shape index (κ2) is 9.31. The monoisotopic (exact) mass is 408 g/mol. The number of anilines is 2. The average Bonchev–Trinajstić information content (AvgIpc) is 2.69. The van der Waals surface area contributed by atoms with Gasteiger partial charge in [0.2, 0.25) is 11.8 Å². The number of halogens is 2. The first-order valence-corrected chi connectivity index (χ1v) is 9.51. The number of carbonyl (C=O) groups excluding carboxylic acids is 2. The fourth-order valence-electron chi connectivity index (χ4n) is 3.10. The van der Waals surface area contributed by atoms with Crippen LogP contribution < -0.4 is 10.6 Å². The number of rotatable bonds is 6. The lowest BCUT2D eigenvalue weighted by Crippen LogP contribution is -2.18. The highest BCUT2D eigenvalue weighted by atomic mass is 19.1. The van der Waals surface area contributed by atoms with Gasteiger partial charge in [0.15, 0.2) is 0 Å². The van der Waals surface area contributed by atoms with Gasteiger partial charge in [-0.05, 0) is 60.4 Å². The summed E-state index contributed by atoms with van der Waals surface area (Å²) >= 11 is 0. The molecule has 0 aromatic heterocycles. The third-order valence-electron chi connectivity index (χ3n) is 4.74. The van der Waals surface area contributed by atoms with Gasteiger partial charge in [0.05, 0.1) is 12.8 Å². The molecule has 0 radical (unpaired) electrons. The fourth-order valence-corrected chi connectivity index (χ4v) is 3.10. The van der Waals surface area contributed by atoms with Gasteiger partial charge in [0.25, 0.3) is 0 Å². The zero-order chi connectivity index (χ0) is 21.7. The van der Waals surface area contributed by atoms with Crippen LogP contribution in [0, 0.1) is 25.5 Å². The Labute approximate surface area is 173 Å². The van der Waals surface area contributed by atoms with Crippen molar-refractivity contribution in [3.63, 3.8) is 0 Å². The lowest BCUT2D eigenvalue weighted by molar-refractivity contribution is -0.116. The second-order valence-corrected chi connectivity index (χ2v) is 7.11. The normalized spacial score (nSPS) is 10.5. The number of nitrogens with one attached hydrogen (secondary N) is 2. The molecule has 0 spiro atoms. The highest BCUT2D eigenvalue weighted by molar-refractivity contribution is 5.96. The topological polar surface area (TPSA) is 58.2 Å². The summed E-state index contributed by atoms with van der Waals surface area (Å²) in [5.74, 6) is -1.51. The Balaban J connectivity index is 1.67. The maximum atomic E-state index is 13.7. The molecular weight excluding hydrogens is 386 g/mol. The molecule has 0 bridgehead atoms. The van der Waals surface area contributed by atoms with Crippen molar-refractivity contribution in [1.29, 1.82) is 0 Å². The standard InChI is InChI=1S/C24H22F2N2O2/c1-15-11-22(28-24(30)14-18-8-4-6-10-20(18)26)16(2)12-21(15)27-23(29)13-17-7-3-5-9-19(17)25/h3-12H,13-14H2,1-2H3,(H,27,29)(H,28,30). The summed E-state index contributed by atoms with van der Waals surface area (Å²) in [5, 5.41) is 5.57. The second-order valence-electron chi connectivity index (χ2n) is 7.11. The summed E-state index contributed by atoms with van der Waals surface area (Å²) < 4.78 is 27.5. The summed E-state index contributed by atoms with van der Waals surface area (Å²) in [6, 6.07) is 15.8. The maximum Gasteiger partial charge on any atom is 0.228 e.